The fourth-order valence-electron chi connectivity index (χ4n) is 11.1. The molecule has 0 saturated heterocycles. The molecule has 0 spiro atoms. The van der Waals surface area contributed by atoms with Gasteiger partial charge in [0.1, 0.15) is 0 Å². The highest BCUT2D eigenvalue weighted by atomic mass is 15.2. The maximum absolute atomic E-state index is 5.68. The Morgan fingerprint density at radius 2 is 0.984 bits per heavy atom. The summed E-state index contributed by atoms with van der Waals surface area (Å²) >= 11 is 0. The summed E-state index contributed by atoms with van der Waals surface area (Å²) in [6.07, 6.45) is 2.33. The third kappa shape index (κ3) is 4.89. The van der Waals surface area contributed by atoms with E-state index in [-0.39, 0.29) is 10.8 Å². The van der Waals surface area contributed by atoms with Gasteiger partial charge < -0.3 is 4.57 Å². The molecule has 9 aromatic carbocycles. The summed E-state index contributed by atoms with van der Waals surface area (Å²) in [5.74, 6) is 0.660. The van der Waals surface area contributed by atoms with E-state index >= 15 is 0 Å². The predicted molar refractivity (Wildman–Crippen MR) is 261 cm³/mol. The van der Waals surface area contributed by atoms with Crippen LogP contribution in [-0.2, 0) is 10.8 Å². The second-order valence-corrected chi connectivity index (χ2v) is 18.8. The molecule has 0 radical (unpaired) electrons. The van der Waals surface area contributed by atoms with Gasteiger partial charge in [0, 0.05) is 43.6 Å². The molecule has 4 heteroatoms. The first-order valence-corrected chi connectivity index (χ1v) is 22.0. The van der Waals surface area contributed by atoms with Gasteiger partial charge >= 0.3 is 0 Å². The minimum atomic E-state index is 0.0731. The summed E-state index contributed by atoms with van der Waals surface area (Å²) in [5.41, 5.74) is 11.8. The van der Waals surface area contributed by atoms with E-state index in [1.54, 1.807) is 0 Å². The van der Waals surface area contributed by atoms with Crippen molar-refractivity contribution in [2.45, 2.75) is 51.4 Å². The van der Waals surface area contributed by atoms with Crippen LogP contribution in [0.4, 0.5) is 0 Å². The lowest BCUT2D eigenvalue weighted by Gasteiger charge is -2.42. The van der Waals surface area contributed by atoms with E-state index in [2.05, 4.69) is 207 Å². The molecule has 296 valence electrons. The van der Waals surface area contributed by atoms with Crippen LogP contribution in [0, 0.1) is 0 Å². The van der Waals surface area contributed by atoms with Gasteiger partial charge in [0.25, 0.3) is 0 Å². The van der Waals surface area contributed by atoms with Crippen molar-refractivity contribution >= 4 is 86.8 Å². The molecule has 13 rings (SSSR count). The van der Waals surface area contributed by atoms with Crippen molar-refractivity contribution in [1.29, 1.82) is 0 Å². The Morgan fingerprint density at radius 1 is 0.419 bits per heavy atom. The molecule has 0 fully saturated rings. The van der Waals surface area contributed by atoms with Crippen LogP contribution in [0.1, 0.15) is 51.7 Å². The van der Waals surface area contributed by atoms with Gasteiger partial charge in [0.15, 0.2) is 0 Å². The number of hydrogen-bond donors (Lipinski definition) is 0. The third-order valence-electron chi connectivity index (χ3n) is 14.3. The summed E-state index contributed by atoms with van der Waals surface area (Å²) in [7, 11) is 0. The van der Waals surface area contributed by atoms with Crippen LogP contribution < -0.4 is 0 Å². The summed E-state index contributed by atoms with van der Waals surface area (Å²) < 4.78 is 4.88. The maximum atomic E-state index is 5.68. The third-order valence-corrected chi connectivity index (χ3v) is 14.3. The molecule has 3 heterocycles. The average Bonchev–Trinajstić information content (AvgIpc) is 3.81. The van der Waals surface area contributed by atoms with Crippen LogP contribution in [0.3, 0.4) is 0 Å². The summed E-state index contributed by atoms with van der Waals surface area (Å²) in [6, 6.07) is 62.4. The fraction of sp³-hybridized carbons (Fsp3) is 0.138. The molecule has 0 N–H and O–H groups in total. The minimum absolute atomic E-state index is 0.0731. The van der Waals surface area contributed by atoms with E-state index in [9.17, 15) is 0 Å². The Kier molecular flexibility index (Phi) is 7.22. The zero-order valence-corrected chi connectivity index (χ0v) is 35.4. The van der Waals surface area contributed by atoms with Gasteiger partial charge in [-0.15, -0.1) is 0 Å². The van der Waals surface area contributed by atoms with Crippen molar-refractivity contribution in [3.05, 3.63) is 181 Å². The standard InChI is InChI=1S/C58H44N4/c1-57(2)29-30-58(3,4)48-33-50-45(32-47(48)57)44-31-46-52(34-51(44)61(50)36-19-6-5-7-20-36)62(55-42-25-13-11-23-39(42)38-22-10-12-24-40(38)53(46)55)56-59-49-28-15-14-26-43(49)54(60-56)41-27-16-18-35-17-8-9-21-37(35)41/h5-28,31-34H,29-30H2,1-4H3. The first kappa shape index (κ1) is 35.5. The van der Waals surface area contributed by atoms with Crippen LogP contribution in [0.25, 0.3) is 110 Å². The number of aromatic nitrogens is 4. The topological polar surface area (TPSA) is 35.6 Å². The summed E-state index contributed by atoms with van der Waals surface area (Å²) in [6.45, 7) is 9.72. The van der Waals surface area contributed by atoms with E-state index in [1.165, 1.54) is 82.4 Å². The molecule has 0 unspecified atom stereocenters. The van der Waals surface area contributed by atoms with E-state index in [4.69, 9.17) is 9.97 Å². The lowest BCUT2D eigenvalue weighted by molar-refractivity contribution is 0.332. The van der Waals surface area contributed by atoms with Crippen molar-refractivity contribution in [2.24, 2.45) is 0 Å². The van der Waals surface area contributed by atoms with Gasteiger partial charge in [-0.05, 0) is 104 Å². The van der Waals surface area contributed by atoms with Crippen molar-refractivity contribution in [1.82, 2.24) is 19.1 Å². The Bertz CT molecular complexity index is 3860. The maximum Gasteiger partial charge on any atom is 0.235 e. The van der Waals surface area contributed by atoms with Crippen LogP contribution in [-0.4, -0.2) is 19.1 Å². The zero-order valence-electron chi connectivity index (χ0n) is 35.4. The largest absolute Gasteiger partial charge is 0.309 e. The lowest BCUT2D eigenvalue weighted by atomic mass is 9.63. The van der Waals surface area contributed by atoms with E-state index in [1.807, 2.05) is 0 Å². The second-order valence-electron chi connectivity index (χ2n) is 18.8. The molecule has 1 aliphatic carbocycles. The number of nitrogens with zero attached hydrogens (tertiary/aromatic N) is 4. The second kappa shape index (κ2) is 12.6. The fourth-order valence-corrected chi connectivity index (χ4v) is 11.1. The highest BCUT2D eigenvalue weighted by molar-refractivity contribution is 6.33. The predicted octanol–water partition coefficient (Wildman–Crippen LogP) is 15.3. The molecule has 4 nitrogen and oxygen atoms in total. The minimum Gasteiger partial charge on any atom is -0.309 e. The molecule has 0 bridgehead atoms. The number of hydrogen-bond acceptors (Lipinski definition) is 2. The first-order valence-electron chi connectivity index (χ1n) is 22.0. The van der Waals surface area contributed by atoms with Crippen LogP contribution >= 0.6 is 0 Å². The normalized spacial score (nSPS) is 14.9. The molecular weight excluding hydrogens is 753 g/mol. The Morgan fingerprint density at radius 3 is 1.76 bits per heavy atom. The Labute approximate surface area is 359 Å². The van der Waals surface area contributed by atoms with Gasteiger partial charge in [-0.1, -0.05) is 155 Å². The molecule has 1 aliphatic rings. The summed E-state index contributed by atoms with van der Waals surface area (Å²) in [5, 5.41) is 13.2. The molecular formula is C58H44N4. The van der Waals surface area contributed by atoms with Crippen molar-refractivity contribution in [3.8, 4) is 22.9 Å². The quantitative estimate of drug-likeness (QED) is 0.167. The van der Waals surface area contributed by atoms with Crippen molar-refractivity contribution in [2.75, 3.05) is 0 Å². The number of benzene rings is 9. The van der Waals surface area contributed by atoms with Crippen LogP contribution in [0.5, 0.6) is 0 Å². The molecule has 0 atom stereocenters. The van der Waals surface area contributed by atoms with Crippen molar-refractivity contribution in [3.63, 3.8) is 0 Å². The average molecular weight is 797 g/mol. The van der Waals surface area contributed by atoms with Gasteiger partial charge in [-0.25, -0.2) is 9.97 Å². The van der Waals surface area contributed by atoms with Gasteiger partial charge in [0.2, 0.25) is 5.95 Å². The van der Waals surface area contributed by atoms with Gasteiger partial charge in [-0.3, -0.25) is 4.57 Å². The monoisotopic (exact) mass is 796 g/mol. The Hall–Kier alpha value is -7.30. The van der Waals surface area contributed by atoms with Crippen LogP contribution in [0.2, 0.25) is 0 Å². The molecule has 62 heavy (non-hydrogen) atoms. The van der Waals surface area contributed by atoms with E-state index < -0.39 is 0 Å². The first-order chi connectivity index (χ1) is 30.2. The number of rotatable bonds is 3. The number of fused-ring (bicyclic) bond motifs is 14. The van der Waals surface area contributed by atoms with E-state index in [0.717, 1.165) is 45.3 Å². The van der Waals surface area contributed by atoms with E-state index in [0.29, 0.717) is 5.95 Å². The molecule has 0 amide bonds. The molecule has 0 saturated carbocycles. The molecule has 0 aliphatic heterocycles. The molecule has 3 aromatic heterocycles. The van der Waals surface area contributed by atoms with Gasteiger partial charge in [-0.2, -0.15) is 0 Å². The number of para-hydroxylation sites is 2. The highest BCUT2D eigenvalue weighted by Gasteiger charge is 2.38. The smallest absolute Gasteiger partial charge is 0.235 e. The SMILES string of the molecule is CC1(C)CCC(C)(C)c2cc3c(cc21)c1cc2c4c5ccccc5c5ccccc5c4n(-c4nc(-c5cccc6ccccc56)c5ccccc5n4)c2cc1n3-c1ccccc1. The summed E-state index contributed by atoms with van der Waals surface area (Å²) in [4.78, 5) is 11.2. The van der Waals surface area contributed by atoms with Crippen molar-refractivity contribution < 1.29 is 0 Å². The zero-order chi connectivity index (χ0) is 41.5. The van der Waals surface area contributed by atoms with Gasteiger partial charge in [0.05, 0.1) is 33.3 Å². The lowest BCUT2D eigenvalue weighted by Crippen LogP contribution is -2.33. The van der Waals surface area contributed by atoms with Crippen LogP contribution in [0.15, 0.2) is 170 Å². The Balaban J connectivity index is 1.25. The molecule has 12 aromatic rings. The highest BCUT2D eigenvalue weighted by Crippen LogP contribution is 2.50.